The summed E-state index contributed by atoms with van der Waals surface area (Å²) in [6.07, 6.45) is 31.2. The van der Waals surface area contributed by atoms with Crippen LogP contribution >= 0.6 is 0 Å². The third kappa shape index (κ3) is 13.9. The zero-order valence-electron chi connectivity index (χ0n) is 57.8. The summed E-state index contributed by atoms with van der Waals surface area (Å²) in [5.74, 6) is 0. The maximum Gasteiger partial charge on any atom is 0.0743 e. The van der Waals surface area contributed by atoms with Crippen LogP contribution in [0.15, 0.2) is 194 Å². The van der Waals surface area contributed by atoms with Crippen LogP contribution in [0.1, 0.15) is 259 Å². The van der Waals surface area contributed by atoms with Gasteiger partial charge in [-0.05, 0) is 217 Å². The molecular formula is C90H108N2. The summed E-state index contributed by atoms with van der Waals surface area (Å²) in [5, 5.41) is 0. The monoisotopic (exact) mass is 1220 g/mol. The van der Waals surface area contributed by atoms with Gasteiger partial charge in [0, 0.05) is 11.4 Å². The molecule has 2 nitrogen and oxygen atoms in total. The third-order valence-corrected chi connectivity index (χ3v) is 20.8. The molecule has 0 spiro atoms. The smallest absolute Gasteiger partial charge is 0.0743 e. The fourth-order valence-electron chi connectivity index (χ4n) is 15.6. The van der Waals surface area contributed by atoms with Crippen molar-refractivity contribution in [2.45, 2.75) is 233 Å². The van der Waals surface area contributed by atoms with Crippen molar-refractivity contribution in [2.24, 2.45) is 0 Å². The average molecular weight is 1220 g/mol. The van der Waals surface area contributed by atoms with Gasteiger partial charge in [-0.15, -0.1) is 0 Å². The Hall–Kier alpha value is -7.42. The van der Waals surface area contributed by atoms with Crippen molar-refractivity contribution in [2.75, 3.05) is 9.80 Å². The minimum atomic E-state index is -0.727. The standard InChI is InChI=1S/C90H108N2/c1-9-15-21-25-31-71-37-49-75(50-38-71)89(76-51-39-72(40-52-76)32-26-22-16-10-2)81-63-67(7)35-61-85(81)91(79-57-45-69(46-58-79)29-19-13-5)87-66-84-88(65-83(87)89)92(80-59-47-70(48-60-80)30-20-14-6)86-62-36-68(8)64-82(86)90(84,77-53-41-73(42-54-77)33-27-23-17-11-3)78-55-43-74(44-56-78)34-28-24-18-12-4/h35-66H,9-34H2,1-8H3. The van der Waals surface area contributed by atoms with Gasteiger partial charge in [0.15, 0.2) is 0 Å². The summed E-state index contributed by atoms with van der Waals surface area (Å²) in [5.41, 5.74) is 27.3. The Kier molecular flexibility index (Phi) is 22.6. The van der Waals surface area contributed by atoms with Crippen LogP contribution in [0.25, 0.3) is 0 Å². The van der Waals surface area contributed by atoms with Crippen molar-refractivity contribution in [3.05, 3.63) is 283 Å². The van der Waals surface area contributed by atoms with Crippen molar-refractivity contribution in [1.82, 2.24) is 0 Å². The summed E-state index contributed by atoms with van der Waals surface area (Å²) in [6.45, 7) is 18.5. The molecule has 0 aliphatic carbocycles. The highest BCUT2D eigenvalue weighted by atomic mass is 15.2. The second-order valence-electron chi connectivity index (χ2n) is 27.7. The topological polar surface area (TPSA) is 6.48 Å². The molecule has 0 bridgehead atoms. The van der Waals surface area contributed by atoms with Crippen molar-refractivity contribution < 1.29 is 0 Å². The van der Waals surface area contributed by atoms with Crippen molar-refractivity contribution in [1.29, 1.82) is 0 Å². The molecule has 0 unspecified atom stereocenters. The van der Waals surface area contributed by atoms with Crippen LogP contribution in [-0.2, 0) is 49.4 Å². The minimum Gasteiger partial charge on any atom is -0.310 e. The van der Waals surface area contributed by atoms with E-state index in [9.17, 15) is 0 Å². The summed E-state index contributed by atoms with van der Waals surface area (Å²) < 4.78 is 0. The minimum absolute atomic E-state index is 0.727. The van der Waals surface area contributed by atoms with E-state index in [0.717, 1.165) is 38.5 Å². The Bertz CT molecular complexity index is 3410. The number of rotatable bonds is 32. The summed E-state index contributed by atoms with van der Waals surface area (Å²) in [6, 6.07) is 79.8. The molecule has 2 aliphatic rings. The normalized spacial score (nSPS) is 13.6. The maximum atomic E-state index is 2.72. The summed E-state index contributed by atoms with van der Waals surface area (Å²) in [7, 11) is 0. The maximum absolute atomic E-state index is 2.72. The Labute approximate surface area is 557 Å². The molecule has 0 radical (unpaired) electrons. The largest absolute Gasteiger partial charge is 0.310 e. The molecule has 9 aromatic carbocycles. The van der Waals surface area contributed by atoms with Crippen LogP contribution in [0, 0.1) is 13.8 Å². The molecule has 0 amide bonds. The number of unbranched alkanes of at least 4 members (excludes halogenated alkanes) is 14. The quantitative estimate of drug-likeness (QED) is 0.0388. The van der Waals surface area contributed by atoms with E-state index in [-0.39, 0.29) is 0 Å². The van der Waals surface area contributed by atoms with E-state index < -0.39 is 10.8 Å². The van der Waals surface area contributed by atoms with Crippen LogP contribution in [0.5, 0.6) is 0 Å². The zero-order chi connectivity index (χ0) is 63.9. The van der Waals surface area contributed by atoms with Crippen molar-refractivity contribution in [3.8, 4) is 0 Å². The van der Waals surface area contributed by atoms with Crippen molar-refractivity contribution in [3.63, 3.8) is 0 Å². The number of fused-ring (bicyclic) bond motifs is 4. The van der Waals surface area contributed by atoms with Gasteiger partial charge in [-0.1, -0.05) is 288 Å². The second kappa shape index (κ2) is 31.5. The molecule has 11 rings (SSSR count). The van der Waals surface area contributed by atoms with Gasteiger partial charge in [0.2, 0.25) is 0 Å². The molecule has 0 aromatic heterocycles. The first-order chi connectivity index (χ1) is 45.2. The number of benzene rings is 9. The first kappa shape index (κ1) is 66.1. The third-order valence-electron chi connectivity index (χ3n) is 20.8. The van der Waals surface area contributed by atoms with Crippen LogP contribution < -0.4 is 9.80 Å². The molecule has 0 N–H and O–H groups in total. The van der Waals surface area contributed by atoms with E-state index in [0.29, 0.717) is 0 Å². The lowest BCUT2D eigenvalue weighted by Crippen LogP contribution is -2.41. The zero-order valence-corrected chi connectivity index (χ0v) is 57.8. The molecule has 2 heterocycles. The number of aryl methyl sites for hydroxylation is 8. The SMILES string of the molecule is CCCCCCc1ccc(C2(c3ccc(CCCCCC)cc3)c3cc(C)ccc3N(c3ccc(CCCC)cc3)c3cc4c(cc32)N(c2ccc(CCCC)cc2)c2ccc(C)cc2C4(c2ccc(CCCCCC)cc2)c2ccc(CCCCCC)cc2)cc1. The lowest BCUT2D eigenvalue weighted by molar-refractivity contribution is 0.665. The molecule has 0 fully saturated rings. The van der Waals surface area contributed by atoms with E-state index in [1.165, 1.54) is 252 Å². The Morgan fingerprint density at radius 3 is 0.728 bits per heavy atom. The highest BCUT2D eigenvalue weighted by molar-refractivity contribution is 5.97. The number of anilines is 6. The predicted molar refractivity (Wildman–Crippen MR) is 398 cm³/mol. The predicted octanol–water partition coefficient (Wildman–Crippen LogP) is 25.8. The van der Waals surface area contributed by atoms with Gasteiger partial charge in [-0.2, -0.15) is 0 Å². The van der Waals surface area contributed by atoms with Gasteiger partial charge in [0.05, 0.1) is 33.6 Å². The molecular weight excluding hydrogens is 1110 g/mol. The summed E-state index contributed by atoms with van der Waals surface area (Å²) in [4.78, 5) is 5.36. The second-order valence-corrected chi connectivity index (χ2v) is 27.7. The molecule has 0 atom stereocenters. The van der Waals surface area contributed by atoms with Gasteiger partial charge in [0.25, 0.3) is 0 Å². The van der Waals surface area contributed by atoms with Gasteiger partial charge in [-0.25, -0.2) is 0 Å². The van der Waals surface area contributed by atoms with Crippen molar-refractivity contribution >= 4 is 34.1 Å². The van der Waals surface area contributed by atoms with E-state index >= 15 is 0 Å². The fraction of sp³-hybridized carbons (Fsp3) is 0.400. The molecule has 0 saturated heterocycles. The molecule has 92 heavy (non-hydrogen) atoms. The Morgan fingerprint density at radius 2 is 0.467 bits per heavy atom. The molecule has 478 valence electrons. The van der Waals surface area contributed by atoms with Gasteiger partial charge in [-0.3, -0.25) is 0 Å². The van der Waals surface area contributed by atoms with Crippen LogP contribution in [-0.4, -0.2) is 0 Å². The number of hydrogen-bond acceptors (Lipinski definition) is 2. The van der Waals surface area contributed by atoms with E-state index in [1.807, 2.05) is 0 Å². The van der Waals surface area contributed by atoms with Crippen LogP contribution in [0.2, 0.25) is 0 Å². The average Bonchev–Trinajstić information content (AvgIpc) is 0.677. The highest BCUT2D eigenvalue weighted by Crippen LogP contribution is 2.64. The first-order valence-corrected chi connectivity index (χ1v) is 36.8. The van der Waals surface area contributed by atoms with Crippen LogP contribution in [0.4, 0.5) is 34.1 Å². The highest BCUT2D eigenvalue weighted by Gasteiger charge is 2.52. The summed E-state index contributed by atoms with van der Waals surface area (Å²) >= 11 is 0. The molecule has 9 aromatic rings. The Balaban J connectivity index is 1.28. The lowest BCUT2D eigenvalue weighted by atomic mass is 9.59. The van der Waals surface area contributed by atoms with E-state index in [4.69, 9.17) is 0 Å². The van der Waals surface area contributed by atoms with Crippen LogP contribution in [0.3, 0.4) is 0 Å². The Morgan fingerprint density at radius 1 is 0.228 bits per heavy atom. The van der Waals surface area contributed by atoms with Gasteiger partial charge < -0.3 is 9.80 Å². The first-order valence-electron chi connectivity index (χ1n) is 36.8. The fourth-order valence-corrected chi connectivity index (χ4v) is 15.6. The molecule has 0 saturated carbocycles. The van der Waals surface area contributed by atoms with Gasteiger partial charge >= 0.3 is 0 Å². The lowest BCUT2D eigenvalue weighted by Gasteiger charge is -2.51. The number of hydrogen-bond donors (Lipinski definition) is 0. The van der Waals surface area contributed by atoms with E-state index in [1.54, 1.807) is 0 Å². The number of nitrogens with zero attached hydrogens (tertiary/aromatic N) is 2. The molecule has 2 aliphatic heterocycles. The van der Waals surface area contributed by atoms with E-state index in [2.05, 4.69) is 259 Å². The molecule has 2 heteroatoms. The van der Waals surface area contributed by atoms with Gasteiger partial charge in [0.1, 0.15) is 0 Å².